The van der Waals surface area contributed by atoms with E-state index in [0.717, 1.165) is 0 Å². The number of hydrogen-bond acceptors (Lipinski definition) is 4. The van der Waals surface area contributed by atoms with Gasteiger partial charge in [0.15, 0.2) is 4.90 Å². The summed E-state index contributed by atoms with van der Waals surface area (Å²) in [5.74, 6) is -2.56. The van der Waals surface area contributed by atoms with E-state index in [1.165, 1.54) is 13.8 Å². The van der Waals surface area contributed by atoms with Crippen molar-refractivity contribution in [1.82, 2.24) is 4.72 Å². The van der Waals surface area contributed by atoms with E-state index in [2.05, 4.69) is 0 Å². The van der Waals surface area contributed by atoms with Crippen LogP contribution in [0, 0.1) is 11.6 Å². The van der Waals surface area contributed by atoms with Crippen molar-refractivity contribution < 1.29 is 22.3 Å². The maximum absolute atomic E-state index is 13.4. The first-order chi connectivity index (χ1) is 8.03. The Morgan fingerprint density at radius 3 is 2.17 bits per heavy atom. The first-order valence-corrected chi connectivity index (χ1v) is 6.48. The number of rotatable bonds is 4. The number of nitrogens with two attached hydrogens (primary N) is 1. The van der Waals surface area contributed by atoms with Gasteiger partial charge in [0.05, 0.1) is 5.60 Å². The molecule has 5 nitrogen and oxygen atoms in total. The van der Waals surface area contributed by atoms with E-state index in [1.807, 2.05) is 4.72 Å². The second-order valence-electron chi connectivity index (χ2n) is 4.45. The lowest BCUT2D eigenvalue weighted by atomic mass is 10.1. The Kier molecular flexibility index (Phi) is 3.94. The third-order valence-electron chi connectivity index (χ3n) is 1.98. The molecular weight excluding hydrogens is 266 g/mol. The van der Waals surface area contributed by atoms with E-state index >= 15 is 0 Å². The quantitative estimate of drug-likeness (QED) is 0.704. The normalized spacial score (nSPS) is 12.7. The van der Waals surface area contributed by atoms with Gasteiger partial charge in [-0.25, -0.2) is 21.9 Å². The molecule has 0 saturated carbocycles. The highest BCUT2D eigenvalue weighted by Gasteiger charge is 2.26. The zero-order chi connectivity index (χ0) is 14.1. The lowest BCUT2D eigenvalue weighted by Crippen LogP contribution is -2.38. The Labute approximate surface area is 104 Å². The van der Waals surface area contributed by atoms with Gasteiger partial charge >= 0.3 is 0 Å². The van der Waals surface area contributed by atoms with E-state index in [0.29, 0.717) is 12.1 Å². The minimum absolute atomic E-state index is 0.216. The maximum Gasteiger partial charge on any atom is 0.246 e. The molecule has 8 heteroatoms. The molecule has 4 N–H and O–H groups in total. The highest BCUT2D eigenvalue weighted by molar-refractivity contribution is 7.89. The predicted molar refractivity (Wildman–Crippen MR) is 62.3 cm³/mol. The molecule has 18 heavy (non-hydrogen) atoms. The number of sulfonamides is 1. The van der Waals surface area contributed by atoms with Crippen molar-refractivity contribution in [3.63, 3.8) is 0 Å². The highest BCUT2D eigenvalue weighted by Crippen LogP contribution is 2.21. The second-order valence-corrected chi connectivity index (χ2v) is 6.15. The average Bonchev–Trinajstić information content (AvgIpc) is 2.11. The van der Waals surface area contributed by atoms with Gasteiger partial charge in [0, 0.05) is 12.2 Å². The average molecular weight is 280 g/mol. The van der Waals surface area contributed by atoms with Gasteiger partial charge in [0.2, 0.25) is 10.0 Å². The number of anilines is 1. The molecule has 0 atom stereocenters. The molecule has 0 radical (unpaired) electrons. The maximum atomic E-state index is 13.4. The number of nitrogens with one attached hydrogen (secondary N) is 1. The molecule has 102 valence electrons. The van der Waals surface area contributed by atoms with E-state index in [4.69, 9.17) is 5.73 Å². The van der Waals surface area contributed by atoms with Crippen molar-refractivity contribution in [2.75, 3.05) is 12.3 Å². The van der Waals surface area contributed by atoms with Crippen LogP contribution in [-0.2, 0) is 10.0 Å². The first kappa shape index (κ1) is 14.8. The van der Waals surface area contributed by atoms with Crippen LogP contribution in [0.5, 0.6) is 0 Å². The number of nitrogen functional groups attached to an aromatic ring is 1. The lowest BCUT2D eigenvalue weighted by Gasteiger charge is -2.18. The first-order valence-electron chi connectivity index (χ1n) is 4.99. The molecule has 0 heterocycles. The molecule has 0 saturated heterocycles. The van der Waals surface area contributed by atoms with Gasteiger partial charge in [0.25, 0.3) is 0 Å². The third kappa shape index (κ3) is 3.62. The number of halogens is 2. The van der Waals surface area contributed by atoms with Gasteiger partial charge in [0.1, 0.15) is 11.6 Å². The third-order valence-corrected chi connectivity index (χ3v) is 3.44. The molecule has 0 aliphatic rings. The van der Waals surface area contributed by atoms with Crippen LogP contribution >= 0.6 is 0 Å². The summed E-state index contributed by atoms with van der Waals surface area (Å²) < 4.78 is 52.1. The largest absolute Gasteiger partial charge is 0.399 e. The molecule has 0 bridgehead atoms. The van der Waals surface area contributed by atoms with Gasteiger partial charge in [-0.2, -0.15) is 0 Å². The lowest BCUT2D eigenvalue weighted by molar-refractivity contribution is 0.0856. The van der Waals surface area contributed by atoms with E-state index in [9.17, 15) is 22.3 Å². The molecule has 0 aliphatic heterocycles. The monoisotopic (exact) mass is 280 g/mol. The molecule has 0 fully saturated rings. The van der Waals surface area contributed by atoms with Crippen molar-refractivity contribution in [2.24, 2.45) is 0 Å². The van der Waals surface area contributed by atoms with Gasteiger partial charge in [-0.15, -0.1) is 0 Å². The molecule has 1 rings (SSSR count). The summed E-state index contributed by atoms with van der Waals surface area (Å²) in [6.45, 7) is 2.33. The summed E-state index contributed by atoms with van der Waals surface area (Å²) in [6.07, 6.45) is 0. The summed E-state index contributed by atoms with van der Waals surface area (Å²) in [5.41, 5.74) is 3.62. The fourth-order valence-electron chi connectivity index (χ4n) is 1.18. The van der Waals surface area contributed by atoms with Crippen molar-refractivity contribution in [3.05, 3.63) is 23.8 Å². The van der Waals surface area contributed by atoms with Crippen molar-refractivity contribution in [2.45, 2.75) is 24.3 Å². The summed E-state index contributed by atoms with van der Waals surface area (Å²) in [4.78, 5) is -1.11. The SMILES string of the molecule is CC(C)(O)CNS(=O)(=O)c1c(F)cc(N)cc1F. The molecule has 0 aliphatic carbocycles. The number of benzene rings is 1. The predicted octanol–water partition coefficient (Wildman–Crippen LogP) is 0.596. The minimum atomic E-state index is -4.39. The number of aliphatic hydroxyl groups is 1. The smallest absolute Gasteiger partial charge is 0.246 e. The van der Waals surface area contributed by atoms with Crippen LogP contribution in [-0.4, -0.2) is 25.7 Å². The van der Waals surface area contributed by atoms with Gasteiger partial charge in [-0.1, -0.05) is 0 Å². The Morgan fingerprint density at radius 1 is 1.33 bits per heavy atom. The zero-order valence-electron chi connectivity index (χ0n) is 9.87. The Morgan fingerprint density at radius 2 is 1.78 bits per heavy atom. The fraction of sp³-hybridized carbons (Fsp3) is 0.400. The molecular formula is C10H14F2N2O3S. The van der Waals surface area contributed by atoms with E-state index in [1.54, 1.807) is 0 Å². The molecule has 0 spiro atoms. The zero-order valence-corrected chi connectivity index (χ0v) is 10.7. The molecule has 1 aromatic rings. The van der Waals surface area contributed by atoms with Crippen LogP contribution in [0.2, 0.25) is 0 Å². The summed E-state index contributed by atoms with van der Waals surface area (Å²) in [7, 11) is -4.39. The molecule has 0 amide bonds. The second kappa shape index (κ2) is 4.79. The van der Waals surface area contributed by atoms with Crippen LogP contribution in [0.1, 0.15) is 13.8 Å². The van der Waals surface area contributed by atoms with Crippen molar-refractivity contribution in [3.8, 4) is 0 Å². The van der Waals surface area contributed by atoms with Crippen LogP contribution in [0.4, 0.5) is 14.5 Å². The van der Waals surface area contributed by atoms with Crippen LogP contribution in [0.15, 0.2) is 17.0 Å². The molecule has 1 aromatic carbocycles. The van der Waals surface area contributed by atoms with E-state index < -0.39 is 32.2 Å². The van der Waals surface area contributed by atoms with Crippen molar-refractivity contribution >= 4 is 15.7 Å². The fourth-order valence-corrected chi connectivity index (χ4v) is 2.50. The van der Waals surface area contributed by atoms with Crippen LogP contribution in [0.25, 0.3) is 0 Å². The van der Waals surface area contributed by atoms with Gasteiger partial charge in [-0.3, -0.25) is 0 Å². The Balaban J connectivity index is 3.14. The Hall–Kier alpha value is -1.25. The standard InChI is InChI=1S/C10H14F2N2O3S/c1-10(2,15)5-14-18(16,17)9-7(11)3-6(13)4-8(9)12/h3-4,14-15H,5,13H2,1-2H3. The summed E-state index contributed by atoms with van der Waals surface area (Å²) in [6, 6.07) is 1.42. The van der Waals surface area contributed by atoms with Gasteiger partial charge < -0.3 is 10.8 Å². The summed E-state index contributed by atoms with van der Waals surface area (Å²) in [5, 5.41) is 9.38. The van der Waals surface area contributed by atoms with Crippen LogP contribution < -0.4 is 10.5 Å². The van der Waals surface area contributed by atoms with Gasteiger partial charge in [-0.05, 0) is 26.0 Å². The van der Waals surface area contributed by atoms with Crippen LogP contribution in [0.3, 0.4) is 0 Å². The molecule has 0 unspecified atom stereocenters. The molecule has 0 aromatic heterocycles. The topological polar surface area (TPSA) is 92.4 Å². The van der Waals surface area contributed by atoms with E-state index in [-0.39, 0.29) is 12.2 Å². The highest BCUT2D eigenvalue weighted by atomic mass is 32.2. The minimum Gasteiger partial charge on any atom is -0.399 e. The Bertz CT molecular complexity index is 530. The van der Waals surface area contributed by atoms with Crippen molar-refractivity contribution in [1.29, 1.82) is 0 Å². The summed E-state index contributed by atoms with van der Waals surface area (Å²) >= 11 is 0. The number of hydrogen-bond donors (Lipinski definition) is 3.